The molecule has 0 aromatic carbocycles. The van der Waals surface area contributed by atoms with Crippen LogP contribution in [0.25, 0.3) is 0 Å². The fraction of sp³-hybridized carbons (Fsp3) is 0.625. The van der Waals surface area contributed by atoms with Gasteiger partial charge in [-0.3, -0.25) is 4.79 Å². The fourth-order valence-electron chi connectivity index (χ4n) is 2.82. The molecule has 2 saturated carbocycles. The maximum Gasteiger partial charge on any atom is 0.235 e. The summed E-state index contributed by atoms with van der Waals surface area (Å²) in [5, 5.41) is 16.8. The van der Waals surface area contributed by atoms with Crippen molar-refractivity contribution in [1.82, 2.24) is 24.5 Å². The molecule has 2 aliphatic rings. The Kier molecular flexibility index (Phi) is 4.07. The molecule has 8 heteroatoms. The molecule has 0 saturated heterocycles. The first-order chi connectivity index (χ1) is 11.6. The molecule has 0 spiro atoms. The zero-order chi connectivity index (χ0) is 16.7. The number of hydrogen-bond acceptors (Lipinski definition) is 5. The smallest absolute Gasteiger partial charge is 0.235 e. The number of aromatic nitrogens is 5. The molecule has 2 heterocycles. The lowest BCUT2D eigenvalue weighted by Crippen LogP contribution is -2.18. The van der Waals surface area contributed by atoms with Crippen LogP contribution in [0.2, 0.25) is 0 Å². The van der Waals surface area contributed by atoms with E-state index in [4.69, 9.17) is 0 Å². The SMILES string of the molecule is CC(C)n1nccc1NC(=O)CSc1nnc(C2CC2)n1C1CC1. The zero-order valence-electron chi connectivity index (χ0n) is 14.0. The zero-order valence-corrected chi connectivity index (χ0v) is 14.8. The largest absolute Gasteiger partial charge is 0.310 e. The minimum Gasteiger partial charge on any atom is -0.310 e. The molecule has 24 heavy (non-hydrogen) atoms. The maximum absolute atomic E-state index is 12.3. The van der Waals surface area contributed by atoms with Gasteiger partial charge in [0.25, 0.3) is 0 Å². The van der Waals surface area contributed by atoms with Crippen molar-refractivity contribution in [2.75, 3.05) is 11.1 Å². The summed E-state index contributed by atoms with van der Waals surface area (Å²) in [6.07, 6.45) is 6.54. The molecule has 0 atom stereocenters. The predicted molar refractivity (Wildman–Crippen MR) is 92.2 cm³/mol. The summed E-state index contributed by atoms with van der Waals surface area (Å²) >= 11 is 1.47. The first-order valence-corrected chi connectivity index (χ1v) is 9.53. The topological polar surface area (TPSA) is 77.6 Å². The number of rotatable bonds is 7. The van der Waals surface area contributed by atoms with Gasteiger partial charge in [0.15, 0.2) is 5.16 Å². The summed E-state index contributed by atoms with van der Waals surface area (Å²) in [5.41, 5.74) is 0. The number of nitrogens with one attached hydrogen (secondary N) is 1. The van der Waals surface area contributed by atoms with Gasteiger partial charge in [0.05, 0.1) is 11.9 Å². The van der Waals surface area contributed by atoms with Crippen molar-refractivity contribution in [2.24, 2.45) is 0 Å². The number of nitrogens with zero attached hydrogens (tertiary/aromatic N) is 5. The van der Waals surface area contributed by atoms with Crippen molar-refractivity contribution in [2.45, 2.75) is 62.7 Å². The first-order valence-electron chi connectivity index (χ1n) is 8.54. The summed E-state index contributed by atoms with van der Waals surface area (Å²) in [6, 6.07) is 2.58. The number of carbonyl (C=O) groups is 1. The van der Waals surface area contributed by atoms with E-state index in [9.17, 15) is 4.79 Å². The van der Waals surface area contributed by atoms with Gasteiger partial charge in [-0.15, -0.1) is 10.2 Å². The predicted octanol–water partition coefficient (Wildman–Crippen LogP) is 3.00. The van der Waals surface area contributed by atoms with Crippen LogP contribution in [0.4, 0.5) is 5.82 Å². The molecule has 2 fully saturated rings. The lowest BCUT2D eigenvalue weighted by atomic mass is 10.4. The molecule has 1 N–H and O–H groups in total. The van der Waals surface area contributed by atoms with Crippen molar-refractivity contribution in [3.05, 3.63) is 18.1 Å². The van der Waals surface area contributed by atoms with Gasteiger partial charge in [-0.05, 0) is 39.5 Å². The average Bonchev–Trinajstić information content (AvgIpc) is 3.48. The standard InChI is InChI=1S/C16H22N6OS/c1-10(2)22-13(7-8-17-22)18-14(23)9-24-16-20-19-15(11-3-4-11)21(16)12-5-6-12/h7-8,10-12H,3-6,9H2,1-2H3,(H,18,23). The quantitative estimate of drug-likeness (QED) is 0.780. The Balaban J connectivity index is 1.40. The number of thioether (sulfide) groups is 1. The molecule has 0 aliphatic heterocycles. The number of amides is 1. The Morgan fingerprint density at radius 1 is 1.33 bits per heavy atom. The van der Waals surface area contributed by atoms with Crippen LogP contribution < -0.4 is 5.32 Å². The molecule has 0 unspecified atom stereocenters. The van der Waals surface area contributed by atoms with Crippen LogP contribution in [-0.2, 0) is 4.79 Å². The van der Waals surface area contributed by atoms with Crippen molar-refractivity contribution in [3.63, 3.8) is 0 Å². The highest BCUT2D eigenvalue weighted by molar-refractivity contribution is 7.99. The summed E-state index contributed by atoms with van der Waals surface area (Å²) in [6.45, 7) is 4.07. The lowest BCUT2D eigenvalue weighted by molar-refractivity contribution is -0.113. The van der Waals surface area contributed by atoms with Crippen LogP contribution >= 0.6 is 11.8 Å². The maximum atomic E-state index is 12.3. The van der Waals surface area contributed by atoms with Gasteiger partial charge in [0, 0.05) is 24.1 Å². The fourth-order valence-corrected chi connectivity index (χ4v) is 3.63. The first kappa shape index (κ1) is 15.7. The molecule has 2 aromatic rings. The van der Waals surface area contributed by atoms with E-state index in [-0.39, 0.29) is 11.9 Å². The Labute approximate surface area is 145 Å². The van der Waals surface area contributed by atoms with E-state index >= 15 is 0 Å². The Bertz CT molecular complexity index is 744. The van der Waals surface area contributed by atoms with E-state index < -0.39 is 0 Å². The molecule has 1 amide bonds. The van der Waals surface area contributed by atoms with Gasteiger partial charge in [-0.2, -0.15) is 5.10 Å². The monoisotopic (exact) mass is 346 g/mol. The highest BCUT2D eigenvalue weighted by Gasteiger charge is 2.36. The molecule has 4 rings (SSSR count). The molecule has 128 valence electrons. The van der Waals surface area contributed by atoms with Gasteiger partial charge < -0.3 is 9.88 Å². The van der Waals surface area contributed by atoms with Gasteiger partial charge >= 0.3 is 0 Å². The number of anilines is 1. The van der Waals surface area contributed by atoms with Crippen molar-refractivity contribution in [1.29, 1.82) is 0 Å². The van der Waals surface area contributed by atoms with Crippen molar-refractivity contribution >= 4 is 23.5 Å². The van der Waals surface area contributed by atoms with E-state index in [1.54, 1.807) is 10.9 Å². The van der Waals surface area contributed by atoms with Gasteiger partial charge in [-0.1, -0.05) is 11.8 Å². The van der Waals surface area contributed by atoms with E-state index in [0.717, 1.165) is 16.8 Å². The Morgan fingerprint density at radius 2 is 2.12 bits per heavy atom. The van der Waals surface area contributed by atoms with E-state index in [1.807, 2.05) is 19.9 Å². The molecule has 2 aliphatic carbocycles. The molecule has 0 bridgehead atoms. The van der Waals surface area contributed by atoms with Crippen LogP contribution in [0, 0.1) is 0 Å². The Hall–Kier alpha value is -1.83. The average molecular weight is 346 g/mol. The van der Waals surface area contributed by atoms with Crippen LogP contribution in [0.5, 0.6) is 0 Å². The summed E-state index contributed by atoms with van der Waals surface area (Å²) in [4.78, 5) is 12.3. The van der Waals surface area contributed by atoms with Crippen LogP contribution in [0.1, 0.15) is 63.4 Å². The third kappa shape index (κ3) is 3.19. The van der Waals surface area contributed by atoms with Crippen LogP contribution in [0.15, 0.2) is 17.4 Å². The summed E-state index contributed by atoms with van der Waals surface area (Å²) in [7, 11) is 0. The second-order valence-electron chi connectivity index (χ2n) is 6.81. The minimum atomic E-state index is -0.0410. The second kappa shape index (κ2) is 6.23. The Morgan fingerprint density at radius 3 is 2.79 bits per heavy atom. The van der Waals surface area contributed by atoms with Crippen molar-refractivity contribution in [3.8, 4) is 0 Å². The third-order valence-electron chi connectivity index (χ3n) is 4.30. The number of hydrogen-bond donors (Lipinski definition) is 1. The van der Waals surface area contributed by atoms with Crippen LogP contribution in [0.3, 0.4) is 0 Å². The highest BCUT2D eigenvalue weighted by Crippen LogP contribution is 2.45. The third-order valence-corrected chi connectivity index (χ3v) is 5.25. The lowest BCUT2D eigenvalue weighted by Gasteiger charge is -2.12. The van der Waals surface area contributed by atoms with E-state index in [0.29, 0.717) is 17.7 Å². The molecular formula is C16H22N6OS. The molecular weight excluding hydrogens is 324 g/mol. The number of carbonyl (C=O) groups excluding carboxylic acids is 1. The van der Waals surface area contributed by atoms with Gasteiger partial charge in [0.2, 0.25) is 5.91 Å². The highest BCUT2D eigenvalue weighted by atomic mass is 32.2. The summed E-state index contributed by atoms with van der Waals surface area (Å²) in [5.74, 6) is 2.73. The van der Waals surface area contributed by atoms with E-state index in [2.05, 4.69) is 25.2 Å². The second-order valence-corrected chi connectivity index (χ2v) is 7.75. The molecule has 7 nitrogen and oxygen atoms in total. The van der Waals surface area contributed by atoms with Crippen LogP contribution in [-0.4, -0.2) is 36.2 Å². The normalized spacial score (nSPS) is 17.5. The van der Waals surface area contributed by atoms with Gasteiger partial charge in [0.1, 0.15) is 11.6 Å². The summed E-state index contributed by atoms with van der Waals surface area (Å²) < 4.78 is 4.08. The minimum absolute atomic E-state index is 0.0410. The molecule has 0 radical (unpaired) electrons. The molecule has 2 aromatic heterocycles. The van der Waals surface area contributed by atoms with Gasteiger partial charge in [-0.25, -0.2) is 4.68 Å². The van der Waals surface area contributed by atoms with Crippen molar-refractivity contribution < 1.29 is 4.79 Å². The van der Waals surface area contributed by atoms with E-state index in [1.165, 1.54) is 37.4 Å².